The number of nitrogens with two attached hydrogens (primary N) is 1. The number of hydrogen-bond acceptors (Lipinski definition) is 4. The molecule has 0 amide bonds. The maximum atomic E-state index is 11.3. The third kappa shape index (κ3) is 2.17. The van der Waals surface area contributed by atoms with Gasteiger partial charge in [-0.25, -0.2) is 0 Å². The Morgan fingerprint density at radius 3 is 2.25 bits per heavy atom. The normalized spacial score (nSPS) is 16.9. The van der Waals surface area contributed by atoms with Crippen LogP contribution < -0.4 is 11.3 Å². The van der Waals surface area contributed by atoms with Gasteiger partial charge in [0.25, 0.3) is 0 Å². The van der Waals surface area contributed by atoms with Crippen LogP contribution in [0.25, 0.3) is 5.57 Å². The molecule has 1 aliphatic rings. The number of carboxylic acid groups (broad SMARTS) is 2. The highest BCUT2D eigenvalue weighted by Crippen LogP contribution is 2.37. The molecule has 1 aliphatic carbocycles. The van der Waals surface area contributed by atoms with Crippen LogP contribution in [0, 0.1) is 5.41 Å². The zero-order valence-electron chi connectivity index (χ0n) is 10.5. The second kappa shape index (κ2) is 5.18. The second-order valence-electron chi connectivity index (χ2n) is 4.49. The summed E-state index contributed by atoms with van der Waals surface area (Å²) in [6.45, 7) is 0. The van der Waals surface area contributed by atoms with E-state index < -0.39 is 17.4 Å². The van der Waals surface area contributed by atoms with Gasteiger partial charge in [0.15, 0.2) is 5.41 Å². The summed E-state index contributed by atoms with van der Waals surface area (Å²) in [5.74, 6) is 2.59. The number of allylic oxidation sites excluding steroid dienone is 3. The topological polar surface area (TPSA) is 113 Å². The molecule has 2 rings (SSSR count). The molecule has 0 saturated heterocycles. The highest BCUT2D eigenvalue weighted by Gasteiger charge is 2.47. The predicted octanol–water partition coefficient (Wildman–Crippen LogP) is 0.976. The smallest absolute Gasteiger partial charge is 0.325 e. The summed E-state index contributed by atoms with van der Waals surface area (Å²) in [5.41, 5.74) is 2.33. The van der Waals surface area contributed by atoms with E-state index in [2.05, 4.69) is 5.43 Å². The van der Waals surface area contributed by atoms with Crippen molar-refractivity contribution in [2.24, 2.45) is 11.3 Å². The Morgan fingerprint density at radius 1 is 1.15 bits per heavy atom. The van der Waals surface area contributed by atoms with E-state index >= 15 is 0 Å². The summed E-state index contributed by atoms with van der Waals surface area (Å²) in [6.07, 6.45) is 2.45. The van der Waals surface area contributed by atoms with Crippen molar-refractivity contribution in [1.82, 2.24) is 5.43 Å². The molecule has 0 bridgehead atoms. The fraction of sp³-hybridized carbons (Fsp3) is 0.143. The van der Waals surface area contributed by atoms with Crippen LogP contribution in [0.4, 0.5) is 0 Å². The van der Waals surface area contributed by atoms with Gasteiger partial charge in [-0.1, -0.05) is 42.5 Å². The van der Waals surface area contributed by atoms with Crippen LogP contribution in [0.1, 0.15) is 12.0 Å². The summed E-state index contributed by atoms with van der Waals surface area (Å²) in [5, 5.41) is 18.4. The maximum Gasteiger partial charge on any atom is 0.325 e. The first kappa shape index (κ1) is 13.8. The fourth-order valence-electron chi connectivity index (χ4n) is 2.16. The predicted molar refractivity (Wildman–Crippen MR) is 72.1 cm³/mol. The highest BCUT2D eigenvalue weighted by molar-refractivity contribution is 6.02. The number of carbonyl (C=O) groups is 2. The molecule has 0 atom stereocenters. The van der Waals surface area contributed by atoms with Crippen LogP contribution in [0.5, 0.6) is 0 Å². The Hall–Kier alpha value is -2.60. The van der Waals surface area contributed by atoms with Crippen LogP contribution in [-0.2, 0) is 9.59 Å². The van der Waals surface area contributed by atoms with Gasteiger partial charge in [-0.05, 0) is 5.56 Å². The van der Waals surface area contributed by atoms with Gasteiger partial charge in [-0.2, -0.15) is 0 Å². The van der Waals surface area contributed by atoms with Gasteiger partial charge in [-0.15, -0.1) is 0 Å². The van der Waals surface area contributed by atoms with E-state index in [-0.39, 0.29) is 6.42 Å². The molecule has 1 aromatic carbocycles. The lowest BCUT2D eigenvalue weighted by atomic mass is 9.77. The van der Waals surface area contributed by atoms with Crippen LogP contribution in [0.2, 0.25) is 0 Å². The maximum absolute atomic E-state index is 11.3. The molecule has 5 N–H and O–H groups in total. The number of hydrazine groups is 1. The van der Waals surface area contributed by atoms with Crippen LogP contribution >= 0.6 is 0 Å². The third-order valence-corrected chi connectivity index (χ3v) is 3.34. The van der Waals surface area contributed by atoms with Crippen molar-refractivity contribution in [3.8, 4) is 0 Å². The second-order valence-corrected chi connectivity index (χ2v) is 4.49. The van der Waals surface area contributed by atoms with Crippen molar-refractivity contribution in [2.75, 3.05) is 0 Å². The first-order chi connectivity index (χ1) is 9.51. The van der Waals surface area contributed by atoms with Crippen LogP contribution in [0.3, 0.4) is 0 Å². The Kier molecular flexibility index (Phi) is 3.58. The minimum Gasteiger partial charge on any atom is -0.480 e. The SMILES string of the molecule is NNC1=C(c2ccccc2)C=CC(C(=O)O)(C(=O)O)C1. The molecule has 6 nitrogen and oxygen atoms in total. The highest BCUT2D eigenvalue weighted by atomic mass is 16.4. The van der Waals surface area contributed by atoms with Crippen molar-refractivity contribution in [2.45, 2.75) is 6.42 Å². The van der Waals surface area contributed by atoms with Gasteiger partial charge in [0, 0.05) is 17.7 Å². The lowest BCUT2D eigenvalue weighted by molar-refractivity contribution is -0.160. The molecule has 0 radical (unpaired) electrons. The first-order valence-electron chi connectivity index (χ1n) is 5.92. The molecule has 0 spiro atoms. The van der Waals surface area contributed by atoms with Crippen molar-refractivity contribution < 1.29 is 19.8 Å². The zero-order chi connectivity index (χ0) is 14.8. The number of nitrogens with one attached hydrogen (secondary N) is 1. The van der Waals surface area contributed by atoms with Crippen LogP contribution in [0.15, 0.2) is 48.2 Å². The van der Waals surface area contributed by atoms with Gasteiger partial charge in [0.1, 0.15) is 0 Å². The largest absolute Gasteiger partial charge is 0.480 e. The summed E-state index contributed by atoms with van der Waals surface area (Å²) < 4.78 is 0. The monoisotopic (exact) mass is 274 g/mol. The Morgan fingerprint density at radius 2 is 1.75 bits per heavy atom. The summed E-state index contributed by atoms with van der Waals surface area (Å²) in [6, 6.07) is 9.20. The van der Waals surface area contributed by atoms with Crippen molar-refractivity contribution in [3.63, 3.8) is 0 Å². The van der Waals surface area contributed by atoms with E-state index in [0.29, 0.717) is 11.3 Å². The summed E-state index contributed by atoms with van der Waals surface area (Å²) in [7, 11) is 0. The summed E-state index contributed by atoms with van der Waals surface area (Å²) >= 11 is 0. The number of hydrogen-bond donors (Lipinski definition) is 4. The first-order valence-corrected chi connectivity index (χ1v) is 5.92. The van der Waals surface area contributed by atoms with Gasteiger partial charge in [-0.3, -0.25) is 15.4 Å². The molecule has 0 heterocycles. The van der Waals surface area contributed by atoms with E-state index in [1.54, 1.807) is 0 Å². The minimum atomic E-state index is -1.99. The molecule has 0 saturated carbocycles. The molecule has 6 heteroatoms. The molecular weight excluding hydrogens is 260 g/mol. The molecular formula is C14H14N2O4. The zero-order valence-corrected chi connectivity index (χ0v) is 10.5. The van der Waals surface area contributed by atoms with E-state index in [1.807, 2.05) is 30.3 Å². The molecule has 1 aromatic rings. The van der Waals surface area contributed by atoms with E-state index in [9.17, 15) is 19.8 Å². The lowest BCUT2D eigenvalue weighted by Crippen LogP contribution is -2.42. The molecule has 104 valence electrons. The van der Waals surface area contributed by atoms with E-state index in [0.717, 1.165) is 5.56 Å². The Bertz CT molecular complexity index is 591. The van der Waals surface area contributed by atoms with Gasteiger partial charge in [0.05, 0.1) is 0 Å². The minimum absolute atomic E-state index is 0.227. The Balaban J connectivity index is 2.49. The number of benzene rings is 1. The molecule has 0 aliphatic heterocycles. The van der Waals surface area contributed by atoms with Gasteiger partial charge in [0.2, 0.25) is 0 Å². The third-order valence-electron chi connectivity index (χ3n) is 3.34. The average molecular weight is 274 g/mol. The molecule has 0 aromatic heterocycles. The Labute approximate surface area is 115 Å². The fourth-order valence-corrected chi connectivity index (χ4v) is 2.16. The molecule has 0 fully saturated rings. The summed E-state index contributed by atoms with van der Waals surface area (Å²) in [4.78, 5) is 22.6. The van der Waals surface area contributed by atoms with Crippen LogP contribution in [-0.4, -0.2) is 22.2 Å². The van der Waals surface area contributed by atoms with Crippen molar-refractivity contribution in [1.29, 1.82) is 0 Å². The molecule has 0 unspecified atom stereocenters. The quantitative estimate of drug-likeness (QED) is 0.370. The number of rotatable bonds is 4. The average Bonchev–Trinajstić information content (AvgIpc) is 2.47. The standard InChI is InChI=1S/C14H14N2O4/c15-16-11-8-14(12(17)18,13(19)20)7-6-10(11)9-4-2-1-3-5-9/h1-7,16H,8,15H2,(H,17,18)(H,19,20). The molecule has 20 heavy (non-hydrogen) atoms. The van der Waals surface area contributed by atoms with Crippen molar-refractivity contribution in [3.05, 3.63) is 53.7 Å². The number of aliphatic carboxylic acids is 2. The van der Waals surface area contributed by atoms with Gasteiger partial charge >= 0.3 is 11.9 Å². The van der Waals surface area contributed by atoms with E-state index in [4.69, 9.17) is 5.84 Å². The van der Waals surface area contributed by atoms with Gasteiger partial charge < -0.3 is 15.6 Å². The van der Waals surface area contributed by atoms with E-state index in [1.165, 1.54) is 12.2 Å². The number of carboxylic acids is 2. The van der Waals surface area contributed by atoms with Crippen molar-refractivity contribution >= 4 is 17.5 Å². The lowest BCUT2D eigenvalue weighted by Gasteiger charge is -2.27.